The lowest BCUT2D eigenvalue weighted by atomic mass is 10.0. The highest BCUT2D eigenvalue weighted by Gasteiger charge is 2.33. The molecule has 1 atom stereocenters. The predicted molar refractivity (Wildman–Crippen MR) is 138 cm³/mol. The predicted octanol–water partition coefficient (Wildman–Crippen LogP) is 2.83. The van der Waals surface area contributed by atoms with Gasteiger partial charge in [-0.1, -0.05) is 42.8 Å². The molecule has 0 radical (unpaired) electrons. The Morgan fingerprint density at radius 1 is 1.17 bits per heavy atom. The van der Waals surface area contributed by atoms with E-state index in [1.165, 1.54) is 13.8 Å². The monoisotopic (exact) mass is 515 g/mol. The minimum Gasteiger partial charge on any atom is -0.504 e. The summed E-state index contributed by atoms with van der Waals surface area (Å²) in [6, 6.07) is 10.9. The maximum Gasteiger partial charge on any atom is 0.274 e. The lowest BCUT2D eigenvalue weighted by molar-refractivity contribution is -0.137. The molecular formula is C24H30ClN7O4. The van der Waals surface area contributed by atoms with Crippen LogP contribution in [0.2, 0.25) is 5.15 Å². The van der Waals surface area contributed by atoms with Gasteiger partial charge in [0.05, 0.1) is 0 Å². The largest absolute Gasteiger partial charge is 0.504 e. The molecule has 0 spiro atoms. The molecule has 3 aromatic rings. The van der Waals surface area contributed by atoms with E-state index in [-0.39, 0.29) is 34.0 Å². The van der Waals surface area contributed by atoms with Crippen molar-refractivity contribution in [3.05, 3.63) is 47.2 Å². The third kappa shape index (κ3) is 6.04. The van der Waals surface area contributed by atoms with Crippen LogP contribution in [0.1, 0.15) is 44.6 Å². The van der Waals surface area contributed by atoms with E-state index in [9.17, 15) is 14.7 Å². The van der Waals surface area contributed by atoms with Crippen LogP contribution in [0.4, 0.5) is 11.6 Å². The van der Waals surface area contributed by atoms with Crippen LogP contribution in [0.3, 0.4) is 0 Å². The minimum atomic E-state index is -1.36. The SMILES string of the molecule is CCCN(Oc1cc2ccccc2cc1O)C(C)NC(=O)C(C)(C)NC(=O)c1nc(Cl)c(N)nc1N. The van der Waals surface area contributed by atoms with E-state index in [0.717, 1.165) is 10.8 Å². The number of carbonyl (C=O) groups is 2. The average molecular weight is 516 g/mol. The Morgan fingerprint density at radius 2 is 1.81 bits per heavy atom. The Hall–Kier alpha value is -3.83. The first-order valence-corrected chi connectivity index (χ1v) is 11.7. The van der Waals surface area contributed by atoms with E-state index in [2.05, 4.69) is 20.6 Å². The van der Waals surface area contributed by atoms with Crippen molar-refractivity contribution in [2.45, 2.75) is 45.8 Å². The molecule has 0 saturated heterocycles. The number of aromatic hydroxyl groups is 1. The summed E-state index contributed by atoms with van der Waals surface area (Å²) in [4.78, 5) is 39.4. The molecule has 2 aromatic carbocycles. The van der Waals surface area contributed by atoms with Crippen LogP contribution in [-0.4, -0.2) is 50.2 Å². The van der Waals surface area contributed by atoms with Crippen molar-refractivity contribution in [3.63, 3.8) is 0 Å². The van der Waals surface area contributed by atoms with Crippen molar-refractivity contribution in [2.24, 2.45) is 0 Å². The second-order valence-corrected chi connectivity index (χ2v) is 9.12. The Balaban J connectivity index is 1.72. The number of benzene rings is 2. The van der Waals surface area contributed by atoms with Crippen molar-refractivity contribution in [1.29, 1.82) is 0 Å². The fourth-order valence-electron chi connectivity index (χ4n) is 3.40. The molecule has 3 rings (SSSR count). The van der Waals surface area contributed by atoms with E-state index < -0.39 is 23.5 Å². The summed E-state index contributed by atoms with van der Waals surface area (Å²) in [7, 11) is 0. The number of fused-ring (bicyclic) bond motifs is 1. The molecule has 12 heteroatoms. The van der Waals surface area contributed by atoms with Crippen LogP contribution < -0.4 is 26.9 Å². The maximum absolute atomic E-state index is 13.1. The topological polar surface area (TPSA) is 169 Å². The third-order valence-electron chi connectivity index (χ3n) is 5.37. The smallest absolute Gasteiger partial charge is 0.274 e. The standard InChI is InChI=1S/C24H30ClN7O4/c1-5-10-32(36-17-12-15-9-7-6-8-14(15)11-16(17)33)13(2)28-23(35)24(3,4)31-22(34)18-20(26)30-21(27)19(25)29-18/h6-9,11-13,33H,5,10H2,1-4H3,(H,28,35)(H,31,34)(H4,26,27,30). The quantitative estimate of drug-likeness (QED) is 0.212. The number of hydrogen-bond acceptors (Lipinski definition) is 9. The van der Waals surface area contributed by atoms with Crippen molar-refractivity contribution < 1.29 is 19.5 Å². The zero-order chi connectivity index (χ0) is 26.6. The summed E-state index contributed by atoms with van der Waals surface area (Å²) < 4.78 is 0. The van der Waals surface area contributed by atoms with Gasteiger partial charge in [0, 0.05) is 6.54 Å². The molecule has 0 saturated carbocycles. The van der Waals surface area contributed by atoms with Gasteiger partial charge in [0.15, 0.2) is 34.0 Å². The fourth-order valence-corrected chi connectivity index (χ4v) is 3.52. The van der Waals surface area contributed by atoms with Crippen LogP contribution in [0.15, 0.2) is 36.4 Å². The number of carbonyl (C=O) groups excluding carboxylic acids is 2. The molecule has 1 heterocycles. The normalized spacial score (nSPS) is 12.4. The van der Waals surface area contributed by atoms with Crippen LogP contribution in [0.25, 0.3) is 10.8 Å². The lowest BCUT2D eigenvalue weighted by Gasteiger charge is -2.32. The molecule has 1 aromatic heterocycles. The molecule has 0 aliphatic heterocycles. The number of phenolic OH excluding ortho intramolecular Hbond substituents is 1. The summed E-state index contributed by atoms with van der Waals surface area (Å²) in [6.45, 7) is 7.19. The molecule has 0 aliphatic rings. The molecule has 1 unspecified atom stereocenters. The van der Waals surface area contributed by atoms with Crippen molar-refractivity contribution in [1.82, 2.24) is 25.7 Å². The first kappa shape index (κ1) is 26.8. The molecule has 0 bridgehead atoms. The van der Waals surface area contributed by atoms with Gasteiger partial charge < -0.3 is 32.0 Å². The number of anilines is 2. The van der Waals surface area contributed by atoms with Gasteiger partial charge in [-0.25, -0.2) is 9.97 Å². The number of nitrogens with zero attached hydrogens (tertiary/aromatic N) is 3. The number of rotatable bonds is 9. The highest BCUT2D eigenvalue weighted by Crippen LogP contribution is 2.32. The van der Waals surface area contributed by atoms with Gasteiger partial charge >= 0.3 is 0 Å². The van der Waals surface area contributed by atoms with Gasteiger partial charge in [-0.05, 0) is 50.1 Å². The summed E-state index contributed by atoms with van der Waals surface area (Å²) in [5.74, 6) is -1.32. The lowest BCUT2D eigenvalue weighted by Crippen LogP contribution is -2.59. The van der Waals surface area contributed by atoms with E-state index in [0.29, 0.717) is 13.0 Å². The molecule has 11 nitrogen and oxygen atoms in total. The fraction of sp³-hybridized carbons (Fsp3) is 0.333. The number of halogens is 1. The van der Waals surface area contributed by atoms with Gasteiger partial charge in [-0.15, -0.1) is 5.06 Å². The number of nitrogen functional groups attached to an aromatic ring is 2. The number of amides is 2. The highest BCUT2D eigenvalue weighted by atomic mass is 35.5. The first-order valence-electron chi connectivity index (χ1n) is 11.3. The second-order valence-electron chi connectivity index (χ2n) is 8.76. The summed E-state index contributed by atoms with van der Waals surface area (Å²) in [5, 5.41) is 19.0. The Bertz CT molecular complexity index is 1280. The number of hydroxylamine groups is 2. The Kier molecular flexibility index (Phi) is 8.06. The zero-order valence-electron chi connectivity index (χ0n) is 20.5. The molecule has 36 heavy (non-hydrogen) atoms. The van der Waals surface area contributed by atoms with E-state index in [1.54, 1.807) is 24.1 Å². The molecular weight excluding hydrogens is 486 g/mol. The van der Waals surface area contributed by atoms with Gasteiger partial charge in [0.1, 0.15) is 11.7 Å². The van der Waals surface area contributed by atoms with E-state index in [4.69, 9.17) is 27.9 Å². The van der Waals surface area contributed by atoms with Crippen molar-refractivity contribution >= 4 is 45.8 Å². The van der Waals surface area contributed by atoms with Gasteiger partial charge in [-0.3, -0.25) is 9.59 Å². The van der Waals surface area contributed by atoms with Crippen LogP contribution in [0, 0.1) is 0 Å². The number of nitrogens with two attached hydrogens (primary N) is 2. The number of nitrogens with one attached hydrogen (secondary N) is 2. The zero-order valence-corrected chi connectivity index (χ0v) is 21.3. The van der Waals surface area contributed by atoms with Crippen LogP contribution in [0.5, 0.6) is 11.5 Å². The molecule has 0 fully saturated rings. The third-order valence-corrected chi connectivity index (χ3v) is 5.65. The number of aromatic nitrogens is 2. The van der Waals surface area contributed by atoms with Crippen LogP contribution in [-0.2, 0) is 4.79 Å². The maximum atomic E-state index is 13.1. The molecule has 2 amide bonds. The summed E-state index contributed by atoms with van der Waals surface area (Å²) >= 11 is 5.86. The van der Waals surface area contributed by atoms with Gasteiger partial charge in [0.25, 0.3) is 5.91 Å². The van der Waals surface area contributed by atoms with E-state index in [1.807, 2.05) is 31.2 Å². The Morgan fingerprint density at radius 3 is 2.44 bits per heavy atom. The molecule has 192 valence electrons. The van der Waals surface area contributed by atoms with E-state index >= 15 is 0 Å². The molecule has 0 aliphatic carbocycles. The average Bonchev–Trinajstić information content (AvgIpc) is 2.81. The van der Waals surface area contributed by atoms with Crippen molar-refractivity contribution in [2.75, 3.05) is 18.0 Å². The highest BCUT2D eigenvalue weighted by molar-refractivity contribution is 6.31. The summed E-state index contributed by atoms with van der Waals surface area (Å²) in [5.41, 5.74) is 9.68. The van der Waals surface area contributed by atoms with Crippen LogP contribution >= 0.6 is 11.6 Å². The molecule has 7 N–H and O–H groups in total. The second kappa shape index (κ2) is 10.8. The number of hydrogen-bond donors (Lipinski definition) is 5. The Labute approximate surface area is 213 Å². The summed E-state index contributed by atoms with van der Waals surface area (Å²) in [6.07, 6.45) is 0.0974. The number of phenols is 1. The van der Waals surface area contributed by atoms with Crippen molar-refractivity contribution in [3.8, 4) is 11.5 Å². The minimum absolute atomic E-state index is 0.0261. The van der Waals surface area contributed by atoms with Gasteiger partial charge in [0.2, 0.25) is 5.91 Å². The first-order chi connectivity index (χ1) is 16.9. The van der Waals surface area contributed by atoms with Gasteiger partial charge in [-0.2, -0.15) is 0 Å².